The molecule has 2 rings (SSSR count). The number of aliphatic carboxylic acids is 1. The van der Waals surface area contributed by atoms with Gasteiger partial charge in [0, 0.05) is 12.1 Å². The van der Waals surface area contributed by atoms with Gasteiger partial charge in [0.15, 0.2) is 0 Å². The number of likely N-dealkylation sites (N-methyl/N-ethyl adjacent to an activating group) is 1. The number of carbonyl (C=O) groups excluding carboxylic acids is 1. The predicted octanol–water partition coefficient (Wildman–Crippen LogP) is -0.155. The Hall–Kier alpha value is -2.49. The normalized spacial score (nSPS) is 20.1. The summed E-state index contributed by atoms with van der Waals surface area (Å²) in [4.78, 5) is 34.5. The van der Waals surface area contributed by atoms with Crippen LogP contribution in [0, 0.1) is 10.1 Å². The second-order valence-corrected chi connectivity index (χ2v) is 5.50. The molecule has 1 fully saturated rings. The van der Waals surface area contributed by atoms with Crippen LogP contribution in [0.3, 0.4) is 0 Å². The van der Waals surface area contributed by atoms with Gasteiger partial charge < -0.3 is 10.4 Å². The lowest BCUT2D eigenvalue weighted by Gasteiger charge is -2.42. The molecule has 1 saturated carbocycles. The molecule has 0 atom stereocenters. The van der Waals surface area contributed by atoms with Gasteiger partial charge in [0.25, 0.3) is 0 Å². The van der Waals surface area contributed by atoms with Gasteiger partial charge in [0.05, 0.1) is 11.5 Å². The molecule has 1 aliphatic rings. The zero-order valence-corrected chi connectivity index (χ0v) is 12.7. The lowest BCUT2D eigenvalue weighted by molar-refractivity contribution is -0.385. The van der Waals surface area contributed by atoms with Gasteiger partial charge in [-0.25, -0.2) is 0 Å². The van der Waals surface area contributed by atoms with Gasteiger partial charge in [0.2, 0.25) is 5.91 Å². The number of nitrogens with zero attached hydrogens (tertiary/aromatic N) is 4. The van der Waals surface area contributed by atoms with E-state index in [2.05, 4.69) is 10.4 Å². The van der Waals surface area contributed by atoms with Crippen molar-refractivity contribution in [2.45, 2.75) is 38.4 Å². The first-order chi connectivity index (χ1) is 10.9. The van der Waals surface area contributed by atoms with Crippen LogP contribution in [0.5, 0.6) is 0 Å². The van der Waals surface area contributed by atoms with Gasteiger partial charge in [-0.3, -0.25) is 29.3 Å². The molecule has 0 aromatic carbocycles. The molecule has 0 aliphatic heterocycles. The smallest absolute Gasteiger partial charge is 0.317 e. The third kappa shape index (κ3) is 4.49. The number of carboxylic acids is 1. The Bertz CT molecular complexity index is 595. The molecule has 0 radical (unpaired) electrons. The van der Waals surface area contributed by atoms with E-state index in [4.69, 9.17) is 5.11 Å². The van der Waals surface area contributed by atoms with Crippen LogP contribution in [0.1, 0.15) is 19.8 Å². The van der Waals surface area contributed by atoms with Crippen molar-refractivity contribution in [1.29, 1.82) is 0 Å². The Balaban J connectivity index is 1.75. The third-order valence-electron chi connectivity index (χ3n) is 3.88. The minimum Gasteiger partial charge on any atom is -0.480 e. The molecule has 1 aromatic rings. The first-order valence-electron chi connectivity index (χ1n) is 7.31. The molecule has 1 aliphatic carbocycles. The van der Waals surface area contributed by atoms with E-state index in [-0.39, 0.29) is 36.8 Å². The number of carboxylic acid groups (broad SMARTS) is 1. The highest BCUT2D eigenvalue weighted by molar-refractivity contribution is 5.76. The maximum Gasteiger partial charge on any atom is 0.317 e. The second kappa shape index (κ2) is 7.18. The number of hydrogen-bond acceptors (Lipinski definition) is 6. The van der Waals surface area contributed by atoms with Crippen molar-refractivity contribution in [2.75, 3.05) is 13.1 Å². The fraction of sp³-hybridized carbons (Fsp3) is 0.615. The number of aromatic nitrogens is 2. The van der Waals surface area contributed by atoms with Gasteiger partial charge in [-0.05, 0) is 19.4 Å². The molecule has 0 spiro atoms. The SMILES string of the molecule is CCN(CC(=O)O)C1CC(NC(=O)Cn2cc([N+](=O)[O-])cn2)C1. The van der Waals surface area contributed by atoms with E-state index < -0.39 is 10.9 Å². The largest absolute Gasteiger partial charge is 0.480 e. The first-order valence-corrected chi connectivity index (χ1v) is 7.31. The van der Waals surface area contributed by atoms with Crippen LogP contribution in [0.2, 0.25) is 0 Å². The molecule has 10 heteroatoms. The molecule has 23 heavy (non-hydrogen) atoms. The lowest BCUT2D eigenvalue weighted by Crippen LogP contribution is -2.55. The number of hydrogen-bond donors (Lipinski definition) is 2. The van der Waals surface area contributed by atoms with Gasteiger partial charge in [0.1, 0.15) is 18.9 Å². The van der Waals surface area contributed by atoms with E-state index in [0.717, 1.165) is 6.20 Å². The second-order valence-electron chi connectivity index (χ2n) is 5.50. The van der Waals surface area contributed by atoms with Crippen LogP contribution in [-0.4, -0.2) is 61.8 Å². The van der Waals surface area contributed by atoms with E-state index in [1.54, 1.807) is 0 Å². The molecular formula is C13H19N5O5. The molecule has 0 unspecified atom stereocenters. The van der Waals surface area contributed by atoms with Crippen molar-refractivity contribution < 1.29 is 19.6 Å². The molecule has 1 amide bonds. The molecule has 126 valence electrons. The molecular weight excluding hydrogens is 306 g/mol. The summed E-state index contributed by atoms with van der Waals surface area (Å²) in [6.07, 6.45) is 3.70. The Morgan fingerprint density at radius 3 is 2.78 bits per heavy atom. The van der Waals surface area contributed by atoms with Crippen LogP contribution in [-0.2, 0) is 16.1 Å². The number of amides is 1. The molecule has 10 nitrogen and oxygen atoms in total. The van der Waals surface area contributed by atoms with E-state index >= 15 is 0 Å². The summed E-state index contributed by atoms with van der Waals surface area (Å²) in [5.41, 5.74) is -0.159. The fourth-order valence-electron chi connectivity index (χ4n) is 2.63. The van der Waals surface area contributed by atoms with Crippen LogP contribution >= 0.6 is 0 Å². The maximum atomic E-state index is 11.9. The number of carbonyl (C=O) groups is 2. The third-order valence-corrected chi connectivity index (χ3v) is 3.88. The summed E-state index contributed by atoms with van der Waals surface area (Å²) in [5.74, 6) is -1.13. The van der Waals surface area contributed by atoms with Crippen LogP contribution in [0.25, 0.3) is 0 Å². The summed E-state index contributed by atoms with van der Waals surface area (Å²) in [6.45, 7) is 2.47. The van der Waals surface area contributed by atoms with Crippen molar-refractivity contribution in [1.82, 2.24) is 20.0 Å². The number of rotatable bonds is 8. The van der Waals surface area contributed by atoms with Crippen molar-refractivity contribution in [3.05, 3.63) is 22.5 Å². The Kier molecular flexibility index (Phi) is 5.27. The predicted molar refractivity (Wildman–Crippen MR) is 78.7 cm³/mol. The summed E-state index contributed by atoms with van der Waals surface area (Å²) < 4.78 is 1.21. The highest BCUT2D eigenvalue weighted by atomic mass is 16.6. The molecule has 2 N–H and O–H groups in total. The average molecular weight is 325 g/mol. The zero-order chi connectivity index (χ0) is 17.0. The summed E-state index contributed by atoms with van der Waals surface area (Å²) >= 11 is 0. The van der Waals surface area contributed by atoms with Gasteiger partial charge in [-0.15, -0.1) is 0 Å². The fourth-order valence-corrected chi connectivity index (χ4v) is 2.63. The Morgan fingerprint density at radius 1 is 1.57 bits per heavy atom. The van der Waals surface area contributed by atoms with Crippen LogP contribution in [0.15, 0.2) is 12.4 Å². The summed E-state index contributed by atoms with van der Waals surface area (Å²) in [6, 6.07) is 0.160. The number of nitro groups is 1. The van der Waals surface area contributed by atoms with E-state index in [1.165, 1.54) is 10.9 Å². The van der Waals surface area contributed by atoms with Crippen molar-refractivity contribution in [3.8, 4) is 0 Å². The van der Waals surface area contributed by atoms with Crippen LogP contribution in [0.4, 0.5) is 5.69 Å². The lowest BCUT2D eigenvalue weighted by atomic mass is 9.85. The average Bonchev–Trinajstić information content (AvgIpc) is 2.88. The monoisotopic (exact) mass is 325 g/mol. The molecule has 0 saturated heterocycles. The van der Waals surface area contributed by atoms with Crippen LogP contribution < -0.4 is 5.32 Å². The minimum absolute atomic E-state index is 0.000827. The topological polar surface area (TPSA) is 131 Å². The quantitative estimate of drug-likeness (QED) is 0.502. The van der Waals surface area contributed by atoms with E-state index in [1.807, 2.05) is 11.8 Å². The zero-order valence-electron chi connectivity index (χ0n) is 12.7. The van der Waals surface area contributed by atoms with Crippen molar-refractivity contribution in [2.24, 2.45) is 0 Å². The highest BCUT2D eigenvalue weighted by Gasteiger charge is 2.34. The van der Waals surface area contributed by atoms with Crippen molar-refractivity contribution >= 4 is 17.6 Å². The van der Waals surface area contributed by atoms with Gasteiger partial charge >= 0.3 is 11.7 Å². The Morgan fingerprint density at radius 2 is 2.26 bits per heavy atom. The first kappa shape index (κ1) is 16.9. The number of nitrogens with one attached hydrogen (secondary N) is 1. The molecule has 1 aromatic heterocycles. The Labute approximate surface area is 132 Å². The van der Waals surface area contributed by atoms with Crippen molar-refractivity contribution in [3.63, 3.8) is 0 Å². The summed E-state index contributed by atoms with van der Waals surface area (Å²) in [5, 5.41) is 26.0. The highest BCUT2D eigenvalue weighted by Crippen LogP contribution is 2.25. The standard InChI is InChI=1S/C13H19N5O5/c1-2-16(8-13(20)21)10-3-9(4-10)15-12(19)7-17-6-11(5-14-17)18(22)23/h5-6,9-10H,2-4,7-8H2,1H3,(H,15,19)(H,20,21). The maximum absolute atomic E-state index is 11.9. The van der Waals surface area contributed by atoms with Gasteiger partial charge in [-0.1, -0.05) is 6.92 Å². The minimum atomic E-state index is -0.861. The van der Waals surface area contributed by atoms with Gasteiger partial charge in [-0.2, -0.15) is 5.10 Å². The van der Waals surface area contributed by atoms with E-state index in [0.29, 0.717) is 19.4 Å². The van der Waals surface area contributed by atoms with E-state index in [9.17, 15) is 19.7 Å². The molecule has 1 heterocycles. The molecule has 0 bridgehead atoms. The summed E-state index contributed by atoms with van der Waals surface area (Å²) in [7, 11) is 0.